The lowest BCUT2D eigenvalue weighted by atomic mass is 9.83. The zero-order valence-electron chi connectivity index (χ0n) is 10.5. The van der Waals surface area contributed by atoms with E-state index >= 15 is 0 Å². The number of rotatable bonds is 2. The minimum absolute atomic E-state index is 0.0484. The van der Waals surface area contributed by atoms with Crippen LogP contribution in [0.4, 0.5) is 0 Å². The van der Waals surface area contributed by atoms with Gasteiger partial charge in [-0.05, 0) is 26.0 Å². The van der Waals surface area contributed by atoms with Crippen LogP contribution in [0, 0.1) is 16.7 Å². The summed E-state index contributed by atoms with van der Waals surface area (Å²) in [4.78, 5) is 18.3. The molecule has 0 saturated carbocycles. The van der Waals surface area contributed by atoms with Gasteiger partial charge in [0, 0.05) is 18.5 Å². The van der Waals surface area contributed by atoms with E-state index in [0.29, 0.717) is 12.2 Å². The van der Waals surface area contributed by atoms with E-state index in [1.165, 1.54) is 11.3 Å². The average Bonchev–Trinajstić information content (AvgIpc) is 2.86. The third-order valence-corrected chi connectivity index (χ3v) is 4.99. The predicted molar refractivity (Wildman–Crippen MR) is 72.8 cm³/mol. The number of thioether (sulfide) groups is 1. The number of piperidine rings is 1. The van der Waals surface area contributed by atoms with Crippen molar-refractivity contribution >= 4 is 29.0 Å². The monoisotopic (exact) mass is 281 g/mol. The molecule has 0 spiro atoms. The highest BCUT2D eigenvalue weighted by atomic mass is 32.2. The number of hydrogen-bond acceptors (Lipinski definition) is 5. The maximum atomic E-state index is 12.3. The minimum atomic E-state index is -0.410. The number of aromatic nitrogens is 1. The quantitative estimate of drug-likeness (QED) is 0.782. The van der Waals surface area contributed by atoms with E-state index in [0.717, 1.165) is 23.7 Å². The fourth-order valence-electron chi connectivity index (χ4n) is 2.12. The minimum Gasteiger partial charge on any atom is -0.336 e. The van der Waals surface area contributed by atoms with Gasteiger partial charge in [-0.1, -0.05) is 11.8 Å². The van der Waals surface area contributed by atoms with Crippen LogP contribution < -0.4 is 0 Å². The van der Waals surface area contributed by atoms with E-state index in [9.17, 15) is 4.79 Å². The number of amides is 1. The second kappa shape index (κ2) is 5.29. The molecule has 18 heavy (non-hydrogen) atoms. The van der Waals surface area contributed by atoms with Gasteiger partial charge in [0.1, 0.15) is 10.0 Å². The first kappa shape index (κ1) is 13.4. The van der Waals surface area contributed by atoms with Crippen molar-refractivity contribution in [2.24, 2.45) is 5.41 Å². The highest BCUT2D eigenvalue weighted by Gasteiger charge is 2.34. The molecule has 1 aliphatic heterocycles. The normalized spacial score (nSPS) is 23.7. The van der Waals surface area contributed by atoms with E-state index in [4.69, 9.17) is 5.26 Å². The Balaban J connectivity index is 2.12. The van der Waals surface area contributed by atoms with Gasteiger partial charge in [-0.15, -0.1) is 11.3 Å². The zero-order valence-corrected chi connectivity index (χ0v) is 12.1. The van der Waals surface area contributed by atoms with Gasteiger partial charge in [-0.25, -0.2) is 4.98 Å². The largest absolute Gasteiger partial charge is 0.336 e. The molecule has 6 heteroatoms. The number of nitriles is 1. The third-order valence-electron chi connectivity index (χ3n) is 3.13. The van der Waals surface area contributed by atoms with Crippen LogP contribution in [-0.2, 0) is 0 Å². The number of carbonyl (C=O) groups excluding carboxylic acids is 1. The Labute approximate surface area is 115 Å². The van der Waals surface area contributed by atoms with Crippen molar-refractivity contribution in [2.75, 3.05) is 19.3 Å². The van der Waals surface area contributed by atoms with Gasteiger partial charge in [0.25, 0.3) is 5.91 Å². The lowest BCUT2D eigenvalue weighted by Gasteiger charge is -2.35. The summed E-state index contributed by atoms with van der Waals surface area (Å²) >= 11 is 3.03. The number of likely N-dealkylation sites (tertiary alicyclic amines) is 1. The van der Waals surface area contributed by atoms with Gasteiger partial charge in [-0.2, -0.15) is 5.26 Å². The van der Waals surface area contributed by atoms with Crippen LogP contribution in [0.25, 0.3) is 0 Å². The van der Waals surface area contributed by atoms with E-state index in [2.05, 4.69) is 11.1 Å². The van der Waals surface area contributed by atoms with E-state index in [1.807, 2.05) is 13.2 Å². The molecule has 0 N–H and O–H groups in total. The fraction of sp³-hybridized carbons (Fsp3) is 0.583. The Hall–Kier alpha value is -1.06. The number of nitrogens with zero attached hydrogens (tertiary/aromatic N) is 3. The van der Waals surface area contributed by atoms with Crippen molar-refractivity contribution in [3.8, 4) is 6.07 Å². The van der Waals surface area contributed by atoms with Crippen LogP contribution in [0.1, 0.15) is 30.3 Å². The molecule has 1 saturated heterocycles. The number of thiazole rings is 1. The van der Waals surface area contributed by atoms with Crippen LogP contribution in [0.3, 0.4) is 0 Å². The fourth-order valence-corrected chi connectivity index (χ4v) is 3.35. The SMILES string of the molecule is CSc1nc(C(=O)N2CCC[C@@](C)(C#N)C2)cs1. The lowest BCUT2D eigenvalue weighted by Crippen LogP contribution is -2.44. The van der Waals surface area contributed by atoms with Crippen LogP contribution in [0.15, 0.2) is 9.72 Å². The van der Waals surface area contributed by atoms with Gasteiger partial charge in [0.05, 0.1) is 11.5 Å². The van der Waals surface area contributed by atoms with Crippen molar-refractivity contribution in [1.29, 1.82) is 5.26 Å². The van der Waals surface area contributed by atoms with Gasteiger partial charge < -0.3 is 4.90 Å². The summed E-state index contributed by atoms with van der Waals surface area (Å²) in [5.41, 5.74) is 0.0956. The third kappa shape index (κ3) is 2.68. The summed E-state index contributed by atoms with van der Waals surface area (Å²) in [6.07, 6.45) is 3.69. The Kier molecular flexibility index (Phi) is 3.93. The standard InChI is InChI=1S/C12H15N3OS2/c1-12(7-13)4-3-5-15(8-12)10(16)9-6-18-11(14-9)17-2/h6H,3-5,8H2,1-2H3/t12-/m0/s1. The molecule has 0 radical (unpaired) electrons. The molecule has 1 aromatic rings. The molecule has 96 valence electrons. The first-order valence-corrected chi connectivity index (χ1v) is 7.88. The van der Waals surface area contributed by atoms with E-state index in [-0.39, 0.29) is 5.91 Å². The summed E-state index contributed by atoms with van der Waals surface area (Å²) in [5, 5.41) is 11.0. The molecule has 0 bridgehead atoms. The van der Waals surface area contributed by atoms with E-state index < -0.39 is 5.41 Å². The molecule has 0 aromatic carbocycles. The summed E-state index contributed by atoms with van der Waals surface area (Å²) < 4.78 is 0.901. The maximum absolute atomic E-state index is 12.3. The lowest BCUT2D eigenvalue weighted by molar-refractivity contribution is 0.0624. The van der Waals surface area contributed by atoms with Crippen molar-refractivity contribution in [2.45, 2.75) is 24.1 Å². The first-order chi connectivity index (χ1) is 8.58. The summed E-state index contributed by atoms with van der Waals surface area (Å²) in [7, 11) is 0. The molecule has 1 amide bonds. The number of carbonyl (C=O) groups is 1. The summed E-state index contributed by atoms with van der Waals surface area (Å²) in [6, 6.07) is 2.32. The Bertz CT molecular complexity index is 494. The summed E-state index contributed by atoms with van der Waals surface area (Å²) in [6.45, 7) is 3.15. The molecular formula is C12H15N3OS2. The molecule has 1 atom stereocenters. The highest BCUT2D eigenvalue weighted by Crippen LogP contribution is 2.29. The average molecular weight is 281 g/mol. The predicted octanol–water partition coefficient (Wildman–Crippen LogP) is 2.63. The molecule has 0 aliphatic carbocycles. The first-order valence-electron chi connectivity index (χ1n) is 5.78. The Morgan fingerprint density at radius 3 is 3.11 bits per heavy atom. The Morgan fingerprint density at radius 1 is 1.72 bits per heavy atom. The summed E-state index contributed by atoms with van der Waals surface area (Å²) in [5.74, 6) is -0.0484. The van der Waals surface area contributed by atoms with Crippen LogP contribution in [0.2, 0.25) is 0 Å². The van der Waals surface area contributed by atoms with Gasteiger partial charge in [0.15, 0.2) is 0 Å². The van der Waals surface area contributed by atoms with Crippen molar-refractivity contribution < 1.29 is 4.79 Å². The molecule has 1 aromatic heterocycles. The molecule has 2 rings (SSSR count). The molecule has 0 unspecified atom stereocenters. The van der Waals surface area contributed by atoms with Gasteiger partial charge in [-0.3, -0.25) is 4.79 Å². The molecule has 2 heterocycles. The zero-order chi connectivity index (χ0) is 13.2. The van der Waals surface area contributed by atoms with Crippen molar-refractivity contribution in [3.05, 3.63) is 11.1 Å². The van der Waals surface area contributed by atoms with Gasteiger partial charge >= 0.3 is 0 Å². The van der Waals surface area contributed by atoms with Gasteiger partial charge in [0.2, 0.25) is 0 Å². The molecular weight excluding hydrogens is 266 g/mol. The second-order valence-corrected chi connectivity index (χ2v) is 6.62. The molecule has 1 aliphatic rings. The molecule has 4 nitrogen and oxygen atoms in total. The van der Waals surface area contributed by atoms with Crippen LogP contribution in [0.5, 0.6) is 0 Å². The topological polar surface area (TPSA) is 57.0 Å². The highest BCUT2D eigenvalue weighted by molar-refractivity contribution is 8.00. The molecule has 1 fully saturated rings. The second-order valence-electron chi connectivity index (χ2n) is 4.71. The van der Waals surface area contributed by atoms with Crippen LogP contribution in [-0.4, -0.2) is 35.1 Å². The Morgan fingerprint density at radius 2 is 2.50 bits per heavy atom. The maximum Gasteiger partial charge on any atom is 0.273 e. The van der Waals surface area contributed by atoms with E-state index in [1.54, 1.807) is 22.0 Å². The van der Waals surface area contributed by atoms with Crippen LogP contribution >= 0.6 is 23.1 Å². The van der Waals surface area contributed by atoms with Crippen molar-refractivity contribution in [3.63, 3.8) is 0 Å². The van der Waals surface area contributed by atoms with Crippen molar-refractivity contribution in [1.82, 2.24) is 9.88 Å². The smallest absolute Gasteiger partial charge is 0.273 e. The number of hydrogen-bond donors (Lipinski definition) is 0.